The summed E-state index contributed by atoms with van der Waals surface area (Å²) < 4.78 is 0. The summed E-state index contributed by atoms with van der Waals surface area (Å²) in [6.45, 7) is 1.28. The minimum atomic E-state index is -1.79. The lowest BCUT2D eigenvalue weighted by molar-refractivity contribution is -0.147. The fraction of sp³-hybridized carbons (Fsp3) is 0.571. The molecule has 0 aliphatic carbocycles. The maximum Gasteiger partial charge on any atom is 0.326 e. The van der Waals surface area contributed by atoms with Gasteiger partial charge < -0.3 is 37.6 Å². The van der Waals surface area contributed by atoms with E-state index in [1.807, 2.05) is 5.32 Å². The van der Waals surface area contributed by atoms with Gasteiger partial charge in [0.2, 0.25) is 23.6 Å². The molecule has 0 aromatic carbocycles. The second-order valence-electron chi connectivity index (χ2n) is 5.75. The number of carbonyl (C=O) groups is 6. The number of carboxylic acid groups (broad SMARTS) is 2. The topological polar surface area (TPSA) is 231 Å². The highest BCUT2D eigenvalue weighted by atomic mass is 32.1. The van der Waals surface area contributed by atoms with Gasteiger partial charge in [-0.3, -0.25) is 24.0 Å². The molecule has 0 saturated carbocycles. The van der Waals surface area contributed by atoms with E-state index in [0.29, 0.717) is 0 Å². The molecule has 4 amide bonds. The second kappa shape index (κ2) is 11.8. The Morgan fingerprint density at radius 1 is 0.893 bits per heavy atom. The van der Waals surface area contributed by atoms with Crippen molar-refractivity contribution in [1.82, 2.24) is 16.0 Å². The van der Waals surface area contributed by atoms with Crippen LogP contribution in [0.4, 0.5) is 0 Å². The lowest BCUT2D eigenvalue weighted by Gasteiger charge is -2.22. The summed E-state index contributed by atoms with van der Waals surface area (Å²) >= 11 is 3.84. The smallest absolute Gasteiger partial charge is 0.326 e. The lowest BCUT2D eigenvalue weighted by Crippen LogP contribution is -2.57. The molecule has 0 aliphatic rings. The minimum Gasteiger partial charge on any atom is -0.481 e. The number of nitrogens with one attached hydrogen (secondary N) is 3. The highest BCUT2D eigenvalue weighted by Crippen LogP contribution is 1.99. The van der Waals surface area contributed by atoms with Crippen molar-refractivity contribution >= 4 is 48.2 Å². The van der Waals surface area contributed by atoms with Crippen molar-refractivity contribution in [3.05, 3.63) is 0 Å². The van der Waals surface area contributed by atoms with Crippen LogP contribution in [0.5, 0.6) is 0 Å². The molecule has 158 valence electrons. The molecule has 0 bridgehead atoms. The third-order valence-corrected chi connectivity index (χ3v) is 3.71. The van der Waals surface area contributed by atoms with Crippen LogP contribution in [0.3, 0.4) is 0 Å². The number of thiol groups is 1. The Morgan fingerprint density at radius 2 is 1.43 bits per heavy atom. The third kappa shape index (κ3) is 9.18. The Labute approximate surface area is 165 Å². The summed E-state index contributed by atoms with van der Waals surface area (Å²) in [6.07, 6.45) is -1.61. The minimum absolute atomic E-state index is 0.0209. The molecular weight excluding hydrogens is 398 g/mol. The first-order valence-corrected chi connectivity index (χ1v) is 8.52. The maximum absolute atomic E-state index is 12.2. The molecule has 28 heavy (non-hydrogen) atoms. The zero-order chi connectivity index (χ0) is 22.0. The number of nitrogens with two attached hydrogens (primary N) is 2. The molecule has 0 saturated heterocycles. The number of amides is 4. The Morgan fingerprint density at radius 3 is 1.86 bits per heavy atom. The Bertz CT molecular complexity index is 643. The van der Waals surface area contributed by atoms with Crippen molar-refractivity contribution in [1.29, 1.82) is 0 Å². The predicted molar refractivity (Wildman–Crippen MR) is 97.0 cm³/mol. The third-order valence-electron chi connectivity index (χ3n) is 3.32. The van der Waals surface area contributed by atoms with Gasteiger partial charge >= 0.3 is 11.9 Å². The summed E-state index contributed by atoms with van der Waals surface area (Å²) in [7, 11) is 0. The van der Waals surface area contributed by atoms with Gasteiger partial charge in [-0.2, -0.15) is 12.6 Å². The van der Waals surface area contributed by atoms with Gasteiger partial charge in [-0.25, -0.2) is 4.79 Å². The van der Waals surface area contributed by atoms with Gasteiger partial charge in [-0.15, -0.1) is 0 Å². The van der Waals surface area contributed by atoms with E-state index in [9.17, 15) is 28.8 Å². The van der Waals surface area contributed by atoms with Gasteiger partial charge in [0.1, 0.15) is 18.1 Å². The number of rotatable bonds is 12. The summed E-state index contributed by atoms with van der Waals surface area (Å²) in [5, 5.41) is 24.0. The molecular formula is C14H23N5O8S. The predicted octanol–water partition coefficient (Wildman–Crippen LogP) is -3.85. The normalized spacial score (nSPS) is 14.7. The average Bonchev–Trinajstić information content (AvgIpc) is 2.58. The first-order chi connectivity index (χ1) is 12.9. The Hall–Kier alpha value is -2.87. The van der Waals surface area contributed by atoms with Crippen LogP contribution >= 0.6 is 12.6 Å². The molecule has 0 radical (unpaired) electrons. The Balaban J connectivity index is 5.14. The van der Waals surface area contributed by atoms with Crippen molar-refractivity contribution < 1.29 is 39.0 Å². The van der Waals surface area contributed by atoms with Crippen LogP contribution in [0.25, 0.3) is 0 Å². The van der Waals surface area contributed by atoms with E-state index in [-0.39, 0.29) is 5.75 Å². The standard InChI is InChI=1S/C14H23N5O8S/c1-5(17-12(24)6(15)4-28)11(23)18-7(2-9(16)20)13(25)19-8(14(26)27)3-10(21)22/h5-8,28H,2-4,15H2,1H3,(H2,16,20)(H,17,24)(H,18,23)(H,19,25)(H,21,22)(H,26,27). The number of hydrogen-bond donors (Lipinski definition) is 8. The summed E-state index contributed by atoms with van der Waals surface area (Å²) in [5.74, 6) is -6.77. The van der Waals surface area contributed by atoms with E-state index in [0.717, 1.165) is 0 Å². The number of carboxylic acids is 2. The molecule has 0 rings (SSSR count). The van der Waals surface area contributed by atoms with Crippen molar-refractivity contribution in [2.24, 2.45) is 11.5 Å². The van der Waals surface area contributed by atoms with Crippen LogP contribution in [0.2, 0.25) is 0 Å². The lowest BCUT2D eigenvalue weighted by atomic mass is 10.1. The van der Waals surface area contributed by atoms with Crippen LogP contribution in [-0.4, -0.2) is 75.7 Å². The highest BCUT2D eigenvalue weighted by Gasteiger charge is 2.30. The summed E-state index contributed by atoms with van der Waals surface area (Å²) in [6, 6.07) is -5.51. The maximum atomic E-state index is 12.2. The van der Waals surface area contributed by atoms with E-state index in [2.05, 4.69) is 23.3 Å². The van der Waals surface area contributed by atoms with Crippen LogP contribution in [0.15, 0.2) is 0 Å². The zero-order valence-corrected chi connectivity index (χ0v) is 15.8. The molecule has 14 heteroatoms. The molecule has 0 aromatic heterocycles. The molecule has 0 aromatic rings. The molecule has 0 fully saturated rings. The molecule has 13 nitrogen and oxygen atoms in total. The first kappa shape index (κ1) is 25.1. The number of hydrogen-bond acceptors (Lipinski definition) is 8. The number of primary amides is 1. The summed E-state index contributed by atoms with van der Waals surface area (Å²) in [5.41, 5.74) is 10.5. The van der Waals surface area contributed by atoms with Gasteiger partial charge in [0.15, 0.2) is 0 Å². The zero-order valence-electron chi connectivity index (χ0n) is 14.9. The summed E-state index contributed by atoms with van der Waals surface area (Å²) in [4.78, 5) is 68.9. The van der Waals surface area contributed by atoms with Crippen LogP contribution < -0.4 is 27.4 Å². The Kier molecular flexibility index (Phi) is 10.6. The monoisotopic (exact) mass is 421 g/mol. The molecule has 0 spiro atoms. The molecule has 4 atom stereocenters. The molecule has 9 N–H and O–H groups in total. The van der Waals surface area contributed by atoms with Gasteiger partial charge in [0.25, 0.3) is 0 Å². The van der Waals surface area contributed by atoms with Gasteiger partial charge in [0, 0.05) is 5.75 Å². The van der Waals surface area contributed by atoms with Crippen molar-refractivity contribution in [2.45, 2.75) is 43.9 Å². The fourth-order valence-corrected chi connectivity index (χ4v) is 1.99. The largest absolute Gasteiger partial charge is 0.481 e. The number of carbonyl (C=O) groups excluding carboxylic acids is 4. The van der Waals surface area contributed by atoms with Crippen molar-refractivity contribution in [3.63, 3.8) is 0 Å². The van der Waals surface area contributed by atoms with E-state index < -0.39 is 72.6 Å². The molecule has 0 heterocycles. The van der Waals surface area contributed by atoms with Crippen LogP contribution in [0, 0.1) is 0 Å². The van der Waals surface area contributed by atoms with Crippen molar-refractivity contribution in [3.8, 4) is 0 Å². The quantitative estimate of drug-likeness (QED) is 0.144. The van der Waals surface area contributed by atoms with Gasteiger partial charge in [-0.05, 0) is 6.92 Å². The second-order valence-corrected chi connectivity index (χ2v) is 6.11. The van der Waals surface area contributed by atoms with E-state index in [1.165, 1.54) is 6.92 Å². The van der Waals surface area contributed by atoms with Gasteiger partial charge in [-0.1, -0.05) is 0 Å². The molecule has 4 unspecified atom stereocenters. The van der Waals surface area contributed by atoms with E-state index >= 15 is 0 Å². The SMILES string of the molecule is CC(NC(=O)C(N)CS)C(=O)NC(CC(N)=O)C(=O)NC(CC(=O)O)C(=O)O. The van der Waals surface area contributed by atoms with E-state index in [1.54, 1.807) is 0 Å². The average molecular weight is 421 g/mol. The van der Waals surface area contributed by atoms with Crippen LogP contribution in [0.1, 0.15) is 19.8 Å². The highest BCUT2D eigenvalue weighted by molar-refractivity contribution is 7.80. The number of aliphatic carboxylic acids is 2. The van der Waals surface area contributed by atoms with Crippen LogP contribution in [-0.2, 0) is 28.8 Å². The first-order valence-electron chi connectivity index (χ1n) is 7.89. The van der Waals surface area contributed by atoms with Crippen molar-refractivity contribution in [2.75, 3.05) is 5.75 Å². The van der Waals surface area contributed by atoms with Gasteiger partial charge in [0.05, 0.1) is 18.9 Å². The molecule has 0 aliphatic heterocycles. The fourth-order valence-electron chi connectivity index (χ4n) is 1.82. The van der Waals surface area contributed by atoms with E-state index in [4.69, 9.17) is 21.7 Å².